The van der Waals surface area contributed by atoms with Crippen molar-refractivity contribution in [1.82, 2.24) is 0 Å². The zero-order valence-electron chi connectivity index (χ0n) is 18.0. The zero-order chi connectivity index (χ0) is 21.0. The van der Waals surface area contributed by atoms with E-state index in [0.717, 1.165) is 37.1 Å². The van der Waals surface area contributed by atoms with E-state index in [0.29, 0.717) is 12.4 Å². The van der Waals surface area contributed by atoms with E-state index in [2.05, 4.69) is 71.6 Å². The summed E-state index contributed by atoms with van der Waals surface area (Å²) in [7, 11) is 0. The Labute approximate surface area is 195 Å². The van der Waals surface area contributed by atoms with E-state index < -0.39 is 0 Å². The zero-order valence-corrected chi connectivity index (χ0v) is 18.8. The summed E-state index contributed by atoms with van der Waals surface area (Å²) in [6, 6.07) is 31.0. The van der Waals surface area contributed by atoms with Crippen LogP contribution in [-0.2, 0) is 11.3 Å². The molecule has 0 spiro atoms. The molecule has 0 bridgehead atoms. The second kappa shape index (κ2) is 10.1. The monoisotopic (exact) mass is 445 g/mol. The second-order valence-corrected chi connectivity index (χ2v) is 8.30. The summed E-state index contributed by atoms with van der Waals surface area (Å²) in [6.45, 7) is 2.59. The van der Waals surface area contributed by atoms with Gasteiger partial charge in [0, 0.05) is 18.8 Å². The molecule has 0 aromatic heterocycles. The van der Waals surface area contributed by atoms with E-state index in [-0.39, 0.29) is 18.5 Å². The lowest BCUT2D eigenvalue weighted by Crippen LogP contribution is -2.39. The van der Waals surface area contributed by atoms with E-state index in [1.165, 1.54) is 22.0 Å². The highest BCUT2D eigenvalue weighted by Crippen LogP contribution is 2.29. The first kappa shape index (κ1) is 22.2. The quantitative estimate of drug-likeness (QED) is 0.366. The molecule has 1 aliphatic heterocycles. The summed E-state index contributed by atoms with van der Waals surface area (Å²) in [4.78, 5) is 2.42. The number of piperidine rings is 1. The second-order valence-electron chi connectivity index (χ2n) is 8.30. The van der Waals surface area contributed by atoms with Crippen molar-refractivity contribution < 1.29 is 9.84 Å². The largest absolute Gasteiger partial charge is 0.508 e. The molecular formula is C28H28ClNO2. The fraction of sp³-hybridized carbons (Fsp3) is 0.214. The number of fused-ring (bicyclic) bond motifs is 1. The summed E-state index contributed by atoms with van der Waals surface area (Å²) in [6.07, 6.45) is 2.44. The van der Waals surface area contributed by atoms with Gasteiger partial charge in [-0.2, -0.15) is 0 Å². The normalized spacial score (nSPS) is 16.0. The van der Waals surface area contributed by atoms with Crippen molar-refractivity contribution in [2.45, 2.75) is 25.6 Å². The molecule has 4 aromatic carbocycles. The molecule has 1 heterocycles. The predicted octanol–water partition coefficient (Wildman–Crippen LogP) is 6.82. The highest BCUT2D eigenvalue weighted by atomic mass is 35.5. The summed E-state index contributed by atoms with van der Waals surface area (Å²) in [5.74, 6) is 0.294. The average molecular weight is 446 g/mol. The third-order valence-corrected chi connectivity index (χ3v) is 6.07. The Morgan fingerprint density at radius 3 is 2.44 bits per heavy atom. The minimum Gasteiger partial charge on any atom is -0.508 e. The molecule has 0 saturated carbocycles. The molecular weight excluding hydrogens is 418 g/mol. The topological polar surface area (TPSA) is 32.7 Å². The molecule has 1 aliphatic rings. The lowest BCUT2D eigenvalue weighted by atomic mass is 10.0. The summed E-state index contributed by atoms with van der Waals surface area (Å²) >= 11 is 0. The van der Waals surface area contributed by atoms with Crippen LogP contribution in [0, 0.1) is 0 Å². The average Bonchev–Trinajstić information content (AvgIpc) is 2.83. The Balaban J connectivity index is 0.00000245. The third kappa shape index (κ3) is 5.07. The number of aromatic hydroxyl groups is 1. The van der Waals surface area contributed by atoms with Crippen LogP contribution in [0.1, 0.15) is 18.4 Å². The summed E-state index contributed by atoms with van der Waals surface area (Å²) in [5.41, 5.74) is 4.58. The van der Waals surface area contributed by atoms with Gasteiger partial charge in [0.1, 0.15) is 5.75 Å². The number of ether oxygens (including phenoxy) is 1. The molecule has 1 atom stereocenters. The number of halogens is 1. The van der Waals surface area contributed by atoms with Gasteiger partial charge >= 0.3 is 0 Å². The number of hydrogen-bond donors (Lipinski definition) is 1. The van der Waals surface area contributed by atoms with Gasteiger partial charge in [0.15, 0.2) is 0 Å². The molecule has 1 fully saturated rings. The Morgan fingerprint density at radius 2 is 1.59 bits per heavy atom. The molecule has 1 N–H and O–H groups in total. The van der Waals surface area contributed by atoms with Gasteiger partial charge in [-0.25, -0.2) is 0 Å². The molecule has 0 amide bonds. The maximum atomic E-state index is 9.81. The molecule has 5 rings (SSSR count). The third-order valence-electron chi connectivity index (χ3n) is 6.07. The van der Waals surface area contributed by atoms with Gasteiger partial charge in [0.2, 0.25) is 0 Å². The molecule has 4 aromatic rings. The lowest BCUT2D eigenvalue weighted by Gasteiger charge is -2.34. The van der Waals surface area contributed by atoms with Crippen molar-refractivity contribution in [3.8, 4) is 16.9 Å². The molecule has 164 valence electrons. The van der Waals surface area contributed by atoms with Crippen LogP contribution in [0.15, 0.2) is 91.0 Å². The number of benzene rings is 4. The first-order valence-electron chi connectivity index (χ1n) is 11.0. The van der Waals surface area contributed by atoms with Crippen LogP contribution in [0.2, 0.25) is 0 Å². The van der Waals surface area contributed by atoms with Gasteiger partial charge < -0.3 is 14.7 Å². The van der Waals surface area contributed by atoms with Crippen LogP contribution in [0.5, 0.6) is 5.75 Å². The van der Waals surface area contributed by atoms with Crippen molar-refractivity contribution in [2.24, 2.45) is 0 Å². The number of hydrogen-bond acceptors (Lipinski definition) is 3. The number of phenols is 1. The van der Waals surface area contributed by atoms with Crippen LogP contribution < -0.4 is 4.90 Å². The Hall–Kier alpha value is -3.01. The first-order chi connectivity index (χ1) is 15.2. The Morgan fingerprint density at radius 1 is 0.812 bits per heavy atom. The number of anilines is 1. The number of nitrogens with zero attached hydrogens (tertiary/aromatic N) is 1. The van der Waals surface area contributed by atoms with Crippen LogP contribution in [0.4, 0.5) is 5.69 Å². The van der Waals surface area contributed by atoms with Gasteiger partial charge in [-0.1, -0.05) is 60.7 Å². The van der Waals surface area contributed by atoms with Crippen molar-refractivity contribution in [3.63, 3.8) is 0 Å². The van der Waals surface area contributed by atoms with Crippen LogP contribution in [0.3, 0.4) is 0 Å². The molecule has 3 nitrogen and oxygen atoms in total. The van der Waals surface area contributed by atoms with Crippen molar-refractivity contribution in [3.05, 3.63) is 96.6 Å². The molecule has 32 heavy (non-hydrogen) atoms. The van der Waals surface area contributed by atoms with E-state index in [1.54, 1.807) is 6.07 Å². The molecule has 0 radical (unpaired) electrons. The van der Waals surface area contributed by atoms with Crippen LogP contribution >= 0.6 is 12.4 Å². The van der Waals surface area contributed by atoms with E-state index in [1.807, 2.05) is 18.2 Å². The smallest absolute Gasteiger partial charge is 0.116 e. The van der Waals surface area contributed by atoms with Gasteiger partial charge in [0.25, 0.3) is 0 Å². The first-order valence-corrected chi connectivity index (χ1v) is 11.0. The van der Waals surface area contributed by atoms with Gasteiger partial charge in [0.05, 0.1) is 12.7 Å². The highest BCUT2D eigenvalue weighted by Gasteiger charge is 2.21. The minimum atomic E-state index is 0. The Kier molecular flexibility index (Phi) is 6.99. The van der Waals surface area contributed by atoms with Crippen LogP contribution in [-0.4, -0.2) is 24.3 Å². The molecule has 4 heteroatoms. The maximum Gasteiger partial charge on any atom is 0.116 e. The highest BCUT2D eigenvalue weighted by molar-refractivity contribution is 5.85. The van der Waals surface area contributed by atoms with Crippen LogP contribution in [0.25, 0.3) is 21.9 Å². The van der Waals surface area contributed by atoms with Crippen molar-refractivity contribution in [2.75, 3.05) is 18.0 Å². The SMILES string of the molecule is Cl.Oc1cccc(-c2cccc(N3CCC[C@@H](OCc4ccc5ccccc5c4)C3)c2)c1. The lowest BCUT2D eigenvalue weighted by molar-refractivity contribution is 0.0316. The van der Waals surface area contributed by atoms with Crippen molar-refractivity contribution in [1.29, 1.82) is 0 Å². The van der Waals surface area contributed by atoms with Crippen molar-refractivity contribution >= 4 is 28.9 Å². The fourth-order valence-corrected chi connectivity index (χ4v) is 4.42. The van der Waals surface area contributed by atoms with Gasteiger partial charge in [-0.05, 0) is 70.6 Å². The fourth-order valence-electron chi connectivity index (χ4n) is 4.42. The summed E-state index contributed by atoms with van der Waals surface area (Å²) in [5, 5.41) is 12.3. The number of rotatable bonds is 5. The Bertz CT molecular complexity index is 1190. The predicted molar refractivity (Wildman–Crippen MR) is 135 cm³/mol. The maximum absolute atomic E-state index is 9.81. The van der Waals surface area contributed by atoms with Gasteiger partial charge in [-0.15, -0.1) is 12.4 Å². The minimum absolute atomic E-state index is 0. The van der Waals surface area contributed by atoms with E-state index in [4.69, 9.17) is 4.74 Å². The molecule has 0 aliphatic carbocycles. The molecule has 0 unspecified atom stereocenters. The standard InChI is InChI=1S/C28H27NO2.ClH/c30-27-11-4-9-25(18-27)24-8-3-10-26(17-24)29-15-5-12-28(19-29)31-20-21-13-14-22-6-1-2-7-23(22)16-21;/h1-4,6-11,13-14,16-18,28,30H,5,12,15,19-20H2;1H/t28-;/m1./s1. The summed E-state index contributed by atoms with van der Waals surface area (Å²) < 4.78 is 6.33. The van der Waals surface area contributed by atoms with E-state index in [9.17, 15) is 5.11 Å². The van der Waals surface area contributed by atoms with Gasteiger partial charge in [-0.3, -0.25) is 0 Å². The van der Waals surface area contributed by atoms with E-state index >= 15 is 0 Å². The molecule has 1 saturated heterocycles. The number of phenolic OH excluding ortho intramolecular Hbond substituents is 1.